The minimum Gasteiger partial charge on any atom is -0.495 e. The first-order chi connectivity index (χ1) is 14.3. The number of sulfonamides is 1. The van der Waals surface area contributed by atoms with E-state index in [2.05, 4.69) is 5.32 Å². The molecule has 0 aromatic heterocycles. The van der Waals surface area contributed by atoms with Crippen LogP contribution >= 0.6 is 11.6 Å². The van der Waals surface area contributed by atoms with Gasteiger partial charge in [0, 0.05) is 5.69 Å². The minimum absolute atomic E-state index is 0.0615. The number of rotatable bonds is 7. The molecule has 3 aromatic carbocycles. The molecule has 0 aliphatic carbocycles. The molecule has 9 heteroatoms. The van der Waals surface area contributed by atoms with Crippen LogP contribution in [-0.2, 0) is 14.8 Å². The van der Waals surface area contributed by atoms with Gasteiger partial charge in [0.15, 0.2) is 0 Å². The van der Waals surface area contributed by atoms with E-state index >= 15 is 0 Å². The van der Waals surface area contributed by atoms with Crippen molar-refractivity contribution in [3.63, 3.8) is 0 Å². The third-order valence-corrected chi connectivity index (χ3v) is 6.24. The quantitative estimate of drug-likeness (QED) is 0.584. The van der Waals surface area contributed by atoms with Gasteiger partial charge in [0.2, 0.25) is 5.91 Å². The van der Waals surface area contributed by atoms with Gasteiger partial charge >= 0.3 is 0 Å². The van der Waals surface area contributed by atoms with Crippen LogP contribution in [0.15, 0.2) is 77.7 Å². The number of para-hydroxylation sites is 1. The van der Waals surface area contributed by atoms with Crippen LogP contribution in [0.25, 0.3) is 0 Å². The molecule has 0 radical (unpaired) electrons. The topological polar surface area (TPSA) is 75.7 Å². The van der Waals surface area contributed by atoms with E-state index < -0.39 is 28.3 Å². The molecular weight excluding hydrogens is 431 g/mol. The fourth-order valence-electron chi connectivity index (χ4n) is 2.75. The number of carbonyl (C=O) groups excluding carboxylic acids is 1. The highest BCUT2D eigenvalue weighted by Crippen LogP contribution is 2.28. The summed E-state index contributed by atoms with van der Waals surface area (Å²) < 4.78 is 46.5. The van der Waals surface area contributed by atoms with Crippen molar-refractivity contribution in [3.8, 4) is 5.75 Å². The van der Waals surface area contributed by atoms with E-state index in [1.54, 1.807) is 30.3 Å². The van der Waals surface area contributed by atoms with E-state index in [0.29, 0.717) is 11.4 Å². The highest BCUT2D eigenvalue weighted by Gasteiger charge is 2.29. The number of hydrogen-bond acceptors (Lipinski definition) is 4. The van der Waals surface area contributed by atoms with Crippen molar-refractivity contribution >= 4 is 38.9 Å². The fraction of sp³-hybridized carbons (Fsp3) is 0.0952. The van der Waals surface area contributed by atoms with Crippen LogP contribution in [-0.4, -0.2) is 28.0 Å². The molecular formula is C21H18ClFN2O4S. The molecule has 0 atom stereocenters. The van der Waals surface area contributed by atoms with Crippen molar-refractivity contribution in [2.45, 2.75) is 4.90 Å². The largest absolute Gasteiger partial charge is 0.495 e. The van der Waals surface area contributed by atoms with Crippen LogP contribution in [0.4, 0.5) is 15.8 Å². The van der Waals surface area contributed by atoms with Gasteiger partial charge in [-0.1, -0.05) is 41.9 Å². The molecule has 0 saturated heterocycles. The first-order valence-electron chi connectivity index (χ1n) is 8.78. The molecule has 1 N–H and O–H groups in total. The molecule has 0 saturated carbocycles. The summed E-state index contributed by atoms with van der Waals surface area (Å²) in [6.07, 6.45) is 0. The Hall–Kier alpha value is -3.10. The molecule has 0 spiro atoms. The first kappa shape index (κ1) is 21.6. The van der Waals surface area contributed by atoms with Crippen molar-refractivity contribution in [2.75, 3.05) is 23.3 Å². The minimum atomic E-state index is -4.20. The lowest BCUT2D eigenvalue weighted by Crippen LogP contribution is -2.38. The molecule has 0 aliphatic heterocycles. The van der Waals surface area contributed by atoms with Gasteiger partial charge in [0.1, 0.15) is 18.1 Å². The Balaban J connectivity index is 1.92. The second kappa shape index (κ2) is 9.15. The number of nitrogens with one attached hydrogen (secondary N) is 1. The summed E-state index contributed by atoms with van der Waals surface area (Å²) in [5.41, 5.74) is 0.112. The van der Waals surface area contributed by atoms with Crippen molar-refractivity contribution in [1.82, 2.24) is 0 Å². The molecule has 0 heterocycles. The first-order valence-corrected chi connectivity index (χ1v) is 10.6. The van der Waals surface area contributed by atoms with E-state index in [1.165, 1.54) is 43.5 Å². The summed E-state index contributed by atoms with van der Waals surface area (Å²) in [4.78, 5) is 12.6. The van der Waals surface area contributed by atoms with Gasteiger partial charge in [-0.2, -0.15) is 0 Å². The lowest BCUT2D eigenvalue weighted by molar-refractivity contribution is -0.114. The van der Waals surface area contributed by atoms with Crippen LogP contribution in [0.3, 0.4) is 0 Å². The summed E-state index contributed by atoms with van der Waals surface area (Å²) in [5.74, 6) is -1.01. The number of amides is 1. The van der Waals surface area contributed by atoms with Gasteiger partial charge < -0.3 is 10.1 Å². The standard InChI is InChI=1S/C21H18ClFN2O4S/c1-29-20-12-11-15(13-17(20)22)24-21(26)14-25(19-10-6-5-9-18(19)23)30(27,28)16-7-3-2-4-8-16/h2-13H,14H2,1H3,(H,24,26). The maximum atomic E-state index is 14.4. The number of nitrogens with zero attached hydrogens (tertiary/aromatic N) is 1. The van der Waals surface area contributed by atoms with Gasteiger partial charge in [-0.25, -0.2) is 12.8 Å². The predicted molar refractivity (Wildman–Crippen MR) is 114 cm³/mol. The second-order valence-electron chi connectivity index (χ2n) is 6.17. The fourth-order valence-corrected chi connectivity index (χ4v) is 4.46. The van der Waals surface area contributed by atoms with Crippen LogP contribution in [0, 0.1) is 5.82 Å². The average molecular weight is 449 g/mol. The summed E-state index contributed by atoms with van der Waals surface area (Å²) in [5, 5.41) is 2.85. The van der Waals surface area contributed by atoms with Crippen LogP contribution < -0.4 is 14.4 Å². The van der Waals surface area contributed by atoms with Crippen LogP contribution in [0.1, 0.15) is 0 Å². The summed E-state index contributed by atoms with van der Waals surface area (Å²) in [7, 11) is -2.74. The molecule has 3 aromatic rings. The van der Waals surface area contributed by atoms with Crippen molar-refractivity contribution < 1.29 is 22.3 Å². The molecule has 6 nitrogen and oxygen atoms in total. The highest BCUT2D eigenvalue weighted by molar-refractivity contribution is 7.92. The predicted octanol–water partition coefficient (Wildman–Crippen LogP) is 4.32. The van der Waals surface area contributed by atoms with Crippen molar-refractivity contribution in [2.24, 2.45) is 0 Å². The Bertz CT molecular complexity index is 1160. The molecule has 0 unspecified atom stereocenters. The maximum absolute atomic E-state index is 14.4. The summed E-state index contributed by atoms with van der Waals surface area (Å²) in [6.45, 7) is -0.637. The Morgan fingerprint density at radius 2 is 1.73 bits per heavy atom. The Morgan fingerprint density at radius 3 is 2.37 bits per heavy atom. The van der Waals surface area contributed by atoms with E-state index in [-0.39, 0.29) is 15.6 Å². The Kier molecular flexibility index (Phi) is 6.59. The molecule has 0 bridgehead atoms. The number of benzene rings is 3. The van der Waals surface area contributed by atoms with E-state index in [9.17, 15) is 17.6 Å². The van der Waals surface area contributed by atoms with Gasteiger partial charge in [0.05, 0.1) is 22.7 Å². The third kappa shape index (κ3) is 4.72. The lowest BCUT2D eigenvalue weighted by Gasteiger charge is -2.24. The van der Waals surface area contributed by atoms with E-state index in [1.807, 2.05) is 0 Å². The SMILES string of the molecule is COc1ccc(NC(=O)CN(c2ccccc2F)S(=O)(=O)c2ccccc2)cc1Cl. The monoisotopic (exact) mass is 448 g/mol. The zero-order valence-corrected chi connectivity index (χ0v) is 17.5. The number of hydrogen-bond donors (Lipinski definition) is 1. The van der Waals surface area contributed by atoms with Gasteiger partial charge in [-0.15, -0.1) is 0 Å². The number of ether oxygens (including phenoxy) is 1. The van der Waals surface area contributed by atoms with Crippen molar-refractivity contribution in [1.29, 1.82) is 0 Å². The average Bonchev–Trinajstić information content (AvgIpc) is 2.73. The van der Waals surface area contributed by atoms with Gasteiger partial charge in [0.25, 0.3) is 10.0 Å². The molecule has 0 fully saturated rings. The molecule has 30 heavy (non-hydrogen) atoms. The summed E-state index contributed by atoms with van der Waals surface area (Å²) >= 11 is 6.06. The Labute approximate surface area is 178 Å². The lowest BCUT2D eigenvalue weighted by atomic mass is 10.3. The second-order valence-corrected chi connectivity index (χ2v) is 8.44. The molecule has 3 rings (SSSR count). The summed E-state index contributed by atoms with van der Waals surface area (Å²) in [6, 6.07) is 17.5. The van der Waals surface area contributed by atoms with Crippen LogP contribution in [0.5, 0.6) is 5.75 Å². The zero-order chi connectivity index (χ0) is 21.7. The molecule has 1 amide bonds. The molecule has 156 valence electrons. The normalized spacial score (nSPS) is 11.0. The Morgan fingerprint density at radius 1 is 1.07 bits per heavy atom. The number of halogens is 2. The highest BCUT2D eigenvalue weighted by atomic mass is 35.5. The van der Waals surface area contributed by atoms with Crippen LogP contribution in [0.2, 0.25) is 5.02 Å². The van der Waals surface area contributed by atoms with Gasteiger partial charge in [-0.05, 0) is 42.5 Å². The van der Waals surface area contributed by atoms with Gasteiger partial charge in [-0.3, -0.25) is 9.10 Å². The number of anilines is 2. The number of methoxy groups -OCH3 is 1. The smallest absolute Gasteiger partial charge is 0.264 e. The third-order valence-electron chi connectivity index (χ3n) is 4.18. The van der Waals surface area contributed by atoms with E-state index in [4.69, 9.17) is 16.3 Å². The number of carbonyl (C=O) groups is 1. The maximum Gasteiger partial charge on any atom is 0.264 e. The van der Waals surface area contributed by atoms with E-state index in [0.717, 1.165) is 10.4 Å². The molecule has 0 aliphatic rings. The van der Waals surface area contributed by atoms with Crippen molar-refractivity contribution in [3.05, 3.63) is 83.6 Å². The zero-order valence-electron chi connectivity index (χ0n) is 15.9.